The van der Waals surface area contributed by atoms with Crippen LogP contribution in [0, 0.1) is 18.8 Å². The van der Waals surface area contributed by atoms with Crippen molar-refractivity contribution in [2.45, 2.75) is 13.8 Å². The van der Waals surface area contributed by atoms with Crippen LogP contribution in [0.25, 0.3) is 0 Å². The first-order valence-electron chi connectivity index (χ1n) is 3.25. The second-order valence-electron chi connectivity index (χ2n) is 2.48. The van der Waals surface area contributed by atoms with Crippen LogP contribution in [-0.2, 0) is 0 Å². The summed E-state index contributed by atoms with van der Waals surface area (Å²) >= 11 is 3.25. The Morgan fingerprint density at radius 1 is 1.27 bits per heavy atom. The molecule has 0 aliphatic rings. The molecule has 0 aromatic heterocycles. The summed E-state index contributed by atoms with van der Waals surface area (Å²) in [7, 11) is 0. The average Bonchev–Trinajstić information content (AvgIpc) is 1.97. The third kappa shape index (κ3) is 1.66. The van der Waals surface area contributed by atoms with Crippen LogP contribution in [0.4, 0.5) is 5.69 Å². The predicted molar refractivity (Wildman–Crippen MR) is 49.1 cm³/mol. The van der Waals surface area contributed by atoms with Gasteiger partial charge in [0.05, 0.1) is 0 Å². The summed E-state index contributed by atoms with van der Waals surface area (Å²) in [6.07, 6.45) is 0. The van der Waals surface area contributed by atoms with E-state index in [-0.39, 0.29) is 0 Å². The van der Waals surface area contributed by atoms with Crippen LogP contribution in [0.15, 0.2) is 21.8 Å². The lowest BCUT2D eigenvalue weighted by molar-refractivity contribution is 1.31. The minimum absolute atomic E-state index is 0.466. The van der Waals surface area contributed by atoms with Gasteiger partial charge in [-0.1, -0.05) is 0 Å². The molecule has 1 rings (SSSR count). The molecule has 0 heterocycles. The minimum Gasteiger partial charge on any atom is -0.145 e. The molecule has 0 saturated heterocycles. The van der Waals surface area contributed by atoms with E-state index in [2.05, 4.69) is 21.1 Å². The molecular weight excluding hydrogens is 206 g/mol. The van der Waals surface area contributed by atoms with Gasteiger partial charge in [-0.15, -0.1) is 4.91 Å². The number of aryl methyl sites for hydroxylation is 2. The van der Waals surface area contributed by atoms with Gasteiger partial charge in [0.25, 0.3) is 0 Å². The lowest BCUT2D eigenvalue weighted by atomic mass is 10.1. The van der Waals surface area contributed by atoms with Crippen molar-refractivity contribution in [3.8, 4) is 0 Å². The molecule has 0 radical (unpaired) electrons. The van der Waals surface area contributed by atoms with Gasteiger partial charge in [0, 0.05) is 4.47 Å². The Kier molecular flexibility index (Phi) is 2.39. The molecule has 0 atom stereocenters. The Labute approximate surface area is 73.7 Å². The van der Waals surface area contributed by atoms with Gasteiger partial charge in [0.1, 0.15) is 5.69 Å². The molecule has 0 bridgehead atoms. The standard InChI is InChI=1S/C8H8BrNO/c1-5-3-7(9)8(10-11)4-6(5)2/h3-4H,1-2H3. The Bertz CT molecular complexity index is 296. The van der Waals surface area contributed by atoms with E-state index in [0.29, 0.717) is 5.69 Å². The highest BCUT2D eigenvalue weighted by atomic mass is 79.9. The quantitative estimate of drug-likeness (QED) is 0.658. The molecule has 0 unspecified atom stereocenters. The van der Waals surface area contributed by atoms with Crippen LogP contribution < -0.4 is 0 Å². The highest BCUT2D eigenvalue weighted by molar-refractivity contribution is 9.10. The number of rotatable bonds is 1. The second kappa shape index (κ2) is 3.13. The fraction of sp³-hybridized carbons (Fsp3) is 0.250. The molecule has 0 N–H and O–H groups in total. The number of nitroso groups, excluding NO2 is 1. The van der Waals surface area contributed by atoms with Crippen molar-refractivity contribution in [1.29, 1.82) is 0 Å². The fourth-order valence-electron chi connectivity index (χ4n) is 0.836. The molecule has 0 amide bonds. The third-order valence-electron chi connectivity index (χ3n) is 1.66. The molecule has 3 heteroatoms. The maximum atomic E-state index is 10.2. The number of hydrogen-bond acceptors (Lipinski definition) is 2. The van der Waals surface area contributed by atoms with Crippen molar-refractivity contribution in [1.82, 2.24) is 0 Å². The number of hydrogen-bond donors (Lipinski definition) is 0. The van der Waals surface area contributed by atoms with E-state index in [9.17, 15) is 4.91 Å². The highest BCUT2D eigenvalue weighted by Gasteiger charge is 2.01. The average molecular weight is 214 g/mol. The first-order valence-corrected chi connectivity index (χ1v) is 4.04. The topological polar surface area (TPSA) is 29.4 Å². The molecule has 0 aliphatic heterocycles. The predicted octanol–water partition coefficient (Wildman–Crippen LogP) is 3.46. The van der Waals surface area contributed by atoms with Gasteiger partial charge >= 0.3 is 0 Å². The molecule has 0 aliphatic carbocycles. The molecule has 2 nitrogen and oxygen atoms in total. The Balaban J connectivity index is 3.31. The molecule has 11 heavy (non-hydrogen) atoms. The number of benzene rings is 1. The van der Waals surface area contributed by atoms with E-state index < -0.39 is 0 Å². The number of nitrogens with zero attached hydrogens (tertiary/aromatic N) is 1. The first-order chi connectivity index (χ1) is 5.15. The van der Waals surface area contributed by atoms with Crippen LogP contribution in [-0.4, -0.2) is 0 Å². The van der Waals surface area contributed by atoms with Crippen molar-refractivity contribution in [3.63, 3.8) is 0 Å². The van der Waals surface area contributed by atoms with E-state index in [1.807, 2.05) is 19.9 Å². The molecule has 1 aromatic carbocycles. The maximum Gasteiger partial charge on any atom is 0.122 e. The molecule has 0 saturated carbocycles. The van der Waals surface area contributed by atoms with E-state index in [4.69, 9.17) is 0 Å². The zero-order chi connectivity index (χ0) is 8.43. The third-order valence-corrected chi connectivity index (χ3v) is 2.30. The summed E-state index contributed by atoms with van der Waals surface area (Å²) in [5, 5.41) is 2.88. The molecule has 0 fully saturated rings. The largest absolute Gasteiger partial charge is 0.145 e. The van der Waals surface area contributed by atoms with Gasteiger partial charge in [0.15, 0.2) is 0 Å². The minimum atomic E-state index is 0.466. The Morgan fingerprint density at radius 2 is 1.82 bits per heavy atom. The van der Waals surface area contributed by atoms with Crippen molar-refractivity contribution in [2.75, 3.05) is 0 Å². The summed E-state index contributed by atoms with van der Waals surface area (Å²) in [5.41, 5.74) is 2.71. The summed E-state index contributed by atoms with van der Waals surface area (Å²) in [5.74, 6) is 0. The SMILES string of the molecule is Cc1cc(Br)c(N=O)cc1C. The van der Waals surface area contributed by atoms with E-state index in [1.54, 1.807) is 6.07 Å². The van der Waals surface area contributed by atoms with Gasteiger partial charge in [0.2, 0.25) is 0 Å². The molecule has 1 aromatic rings. The highest BCUT2D eigenvalue weighted by Crippen LogP contribution is 2.27. The van der Waals surface area contributed by atoms with Crippen molar-refractivity contribution >= 4 is 21.6 Å². The van der Waals surface area contributed by atoms with Crippen LogP contribution in [0.1, 0.15) is 11.1 Å². The van der Waals surface area contributed by atoms with E-state index in [1.165, 1.54) is 0 Å². The van der Waals surface area contributed by atoms with Crippen molar-refractivity contribution in [2.24, 2.45) is 5.18 Å². The van der Waals surface area contributed by atoms with Gasteiger partial charge in [-0.2, -0.15) is 0 Å². The Morgan fingerprint density at radius 3 is 2.36 bits per heavy atom. The molecular formula is C8H8BrNO. The number of halogens is 1. The maximum absolute atomic E-state index is 10.2. The molecule has 58 valence electrons. The van der Waals surface area contributed by atoms with Gasteiger partial charge in [-0.05, 0) is 58.2 Å². The monoisotopic (exact) mass is 213 g/mol. The second-order valence-corrected chi connectivity index (χ2v) is 3.33. The molecule has 0 spiro atoms. The lowest BCUT2D eigenvalue weighted by Crippen LogP contribution is -1.79. The van der Waals surface area contributed by atoms with Crippen LogP contribution in [0.3, 0.4) is 0 Å². The lowest BCUT2D eigenvalue weighted by Gasteiger charge is -2.00. The van der Waals surface area contributed by atoms with Crippen LogP contribution in [0.2, 0.25) is 0 Å². The van der Waals surface area contributed by atoms with E-state index >= 15 is 0 Å². The summed E-state index contributed by atoms with van der Waals surface area (Å²) in [4.78, 5) is 10.2. The Hall–Kier alpha value is -0.700. The normalized spacial score (nSPS) is 9.73. The fourth-order valence-corrected chi connectivity index (χ4v) is 1.37. The van der Waals surface area contributed by atoms with Gasteiger partial charge in [-0.3, -0.25) is 0 Å². The summed E-state index contributed by atoms with van der Waals surface area (Å²) in [6.45, 7) is 3.95. The first kappa shape index (κ1) is 8.40. The van der Waals surface area contributed by atoms with Crippen LogP contribution in [0.5, 0.6) is 0 Å². The van der Waals surface area contributed by atoms with E-state index in [0.717, 1.165) is 15.6 Å². The van der Waals surface area contributed by atoms with Crippen molar-refractivity contribution in [3.05, 3.63) is 32.6 Å². The zero-order valence-corrected chi connectivity index (χ0v) is 7.97. The zero-order valence-electron chi connectivity index (χ0n) is 6.39. The summed E-state index contributed by atoms with van der Waals surface area (Å²) < 4.78 is 0.760. The van der Waals surface area contributed by atoms with Crippen LogP contribution >= 0.6 is 15.9 Å². The smallest absolute Gasteiger partial charge is 0.122 e. The van der Waals surface area contributed by atoms with Gasteiger partial charge in [-0.25, -0.2) is 0 Å². The van der Waals surface area contributed by atoms with Gasteiger partial charge < -0.3 is 0 Å². The van der Waals surface area contributed by atoms with Crippen molar-refractivity contribution < 1.29 is 0 Å². The summed E-state index contributed by atoms with van der Waals surface area (Å²) in [6, 6.07) is 3.67.